The Morgan fingerprint density at radius 2 is 0.634 bits per heavy atom. The van der Waals surface area contributed by atoms with Crippen molar-refractivity contribution in [2.45, 2.75) is 213 Å². The normalized spacial score (nSPS) is 11.4. The fourth-order valence-electron chi connectivity index (χ4n) is 6.22. The Labute approximate surface area is 259 Å². The molecule has 1 aromatic carbocycles. The predicted molar refractivity (Wildman–Crippen MR) is 188 cm³/mol. The summed E-state index contributed by atoms with van der Waals surface area (Å²) in [7, 11) is 0. The van der Waals surface area contributed by atoms with Gasteiger partial charge >= 0.3 is 0 Å². The maximum absolute atomic E-state index is 3.64. The Kier molecular flexibility index (Phi) is 29.6. The van der Waals surface area contributed by atoms with Gasteiger partial charge in [-0.2, -0.15) is 0 Å². The van der Waals surface area contributed by atoms with Gasteiger partial charge < -0.3 is 5.32 Å². The van der Waals surface area contributed by atoms with Crippen LogP contribution in [0.15, 0.2) is 24.3 Å². The van der Waals surface area contributed by atoms with Gasteiger partial charge in [0, 0.05) is 12.2 Å². The van der Waals surface area contributed by atoms with Gasteiger partial charge in [0.1, 0.15) is 0 Å². The molecule has 0 heterocycles. The van der Waals surface area contributed by atoms with Gasteiger partial charge in [-0.1, -0.05) is 206 Å². The van der Waals surface area contributed by atoms with Crippen molar-refractivity contribution in [2.75, 3.05) is 11.9 Å². The zero-order valence-corrected chi connectivity index (χ0v) is 28.4. The van der Waals surface area contributed by atoms with Crippen LogP contribution < -0.4 is 5.32 Å². The summed E-state index contributed by atoms with van der Waals surface area (Å²) in [5.74, 6) is 0. The lowest BCUT2D eigenvalue weighted by atomic mass is 10.0. The number of benzene rings is 1. The van der Waals surface area contributed by atoms with E-state index in [1.165, 1.54) is 210 Å². The molecule has 0 aliphatic rings. The van der Waals surface area contributed by atoms with E-state index in [1.54, 1.807) is 0 Å². The third-order valence-electron chi connectivity index (χ3n) is 9.13. The van der Waals surface area contributed by atoms with E-state index in [1.807, 2.05) is 0 Å². The van der Waals surface area contributed by atoms with Gasteiger partial charge in [0.2, 0.25) is 0 Å². The summed E-state index contributed by atoms with van der Waals surface area (Å²) in [5, 5.41) is 3.64. The van der Waals surface area contributed by atoms with E-state index in [4.69, 9.17) is 0 Å². The number of hydrogen-bond acceptors (Lipinski definition) is 1. The highest BCUT2D eigenvalue weighted by molar-refractivity contribution is 5.44. The molecule has 41 heavy (non-hydrogen) atoms. The first-order valence-corrected chi connectivity index (χ1v) is 19.2. The number of unbranched alkanes of at least 4 members (excludes halogenated alkanes) is 28. The number of rotatable bonds is 33. The SMILES string of the molecule is CCCCCCCCCCCCCCCCCCNc1ccc(CCCCCCCCCCCCCCCC)cc1. The molecule has 1 aromatic rings. The van der Waals surface area contributed by atoms with Crippen LogP contribution in [0.2, 0.25) is 0 Å². The lowest BCUT2D eigenvalue weighted by Crippen LogP contribution is -2.01. The van der Waals surface area contributed by atoms with Gasteiger partial charge in [0.15, 0.2) is 0 Å². The molecule has 0 fully saturated rings. The Morgan fingerprint density at radius 1 is 0.341 bits per heavy atom. The van der Waals surface area contributed by atoms with E-state index < -0.39 is 0 Å². The Morgan fingerprint density at radius 3 is 0.976 bits per heavy atom. The smallest absolute Gasteiger partial charge is 0.0340 e. The Hall–Kier alpha value is -0.980. The fourth-order valence-corrected chi connectivity index (χ4v) is 6.22. The fraction of sp³-hybridized carbons (Fsp3) is 0.850. The van der Waals surface area contributed by atoms with Crippen LogP contribution in [0.25, 0.3) is 0 Å². The predicted octanol–water partition coefficient (Wildman–Crippen LogP) is 14.4. The lowest BCUT2D eigenvalue weighted by Gasteiger charge is -2.08. The first-order valence-electron chi connectivity index (χ1n) is 19.2. The molecule has 0 atom stereocenters. The van der Waals surface area contributed by atoms with Gasteiger partial charge in [-0.15, -0.1) is 0 Å². The van der Waals surface area contributed by atoms with Gasteiger partial charge in [0.25, 0.3) is 0 Å². The topological polar surface area (TPSA) is 12.0 Å². The number of anilines is 1. The summed E-state index contributed by atoms with van der Waals surface area (Å²) >= 11 is 0. The molecule has 240 valence electrons. The first-order chi connectivity index (χ1) is 20.4. The maximum Gasteiger partial charge on any atom is 0.0340 e. The summed E-state index contributed by atoms with van der Waals surface area (Å²) in [6.07, 6.45) is 44.4. The average Bonchev–Trinajstić information content (AvgIpc) is 2.99. The van der Waals surface area contributed by atoms with E-state index >= 15 is 0 Å². The van der Waals surface area contributed by atoms with Crippen molar-refractivity contribution in [3.05, 3.63) is 29.8 Å². The van der Waals surface area contributed by atoms with Crippen LogP contribution >= 0.6 is 0 Å². The van der Waals surface area contributed by atoms with Crippen LogP contribution in [0.3, 0.4) is 0 Å². The highest BCUT2D eigenvalue weighted by Crippen LogP contribution is 2.17. The largest absolute Gasteiger partial charge is 0.385 e. The molecule has 0 aromatic heterocycles. The van der Waals surface area contributed by atoms with Gasteiger partial charge in [-0.3, -0.25) is 0 Å². The Bertz CT molecular complexity index is 606. The highest BCUT2D eigenvalue weighted by atomic mass is 14.9. The maximum atomic E-state index is 3.64. The van der Waals surface area contributed by atoms with Crippen molar-refractivity contribution >= 4 is 5.69 Å². The van der Waals surface area contributed by atoms with Gasteiger partial charge in [-0.25, -0.2) is 0 Å². The summed E-state index contributed by atoms with van der Waals surface area (Å²) in [6, 6.07) is 9.29. The zero-order chi connectivity index (χ0) is 29.3. The van der Waals surface area contributed by atoms with E-state index in [2.05, 4.69) is 43.4 Å². The van der Waals surface area contributed by atoms with Crippen molar-refractivity contribution in [3.8, 4) is 0 Å². The van der Waals surface area contributed by atoms with Crippen molar-refractivity contribution in [1.82, 2.24) is 0 Å². The third kappa shape index (κ3) is 27.6. The van der Waals surface area contributed by atoms with Crippen molar-refractivity contribution < 1.29 is 0 Å². The summed E-state index contributed by atoms with van der Waals surface area (Å²) in [6.45, 7) is 5.73. The first kappa shape index (κ1) is 38.0. The van der Waals surface area contributed by atoms with Crippen LogP contribution in [-0.2, 0) is 6.42 Å². The highest BCUT2D eigenvalue weighted by Gasteiger charge is 1.98. The third-order valence-corrected chi connectivity index (χ3v) is 9.13. The molecule has 0 aliphatic carbocycles. The average molecular weight is 570 g/mol. The van der Waals surface area contributed by atoms with Gasteiger partial charge in [0.05, 0.1) is 0 Å². The van der Waals surface area contributed by atoms with Crippen LogP contribution in [0.5, 0.6) is 0 Å². The summed E-state index contributed by atoms with van der Waals surface area (Å²) in [5.41, 5.74) is 2.81. The van der Waals surface area contributed by atoms with Crippen LogP contribution in [0, 0.1) is 0 Å². The molecule has 0 saturated carbocycles. The number of aryl methyl sites for hydroxylation is 1. The quantitative estimate of drug-likeness (QED) is 0.0830. The summed E-state index contributed by atoms with van der Waals surface area (Å²) in [4.78, 5) is 0. The molecular weight excluding hydrogens is 494 g/mol. The van der Waals surface area contributed by atoms with Crippen molar-refractivity contribution in [1.29, 1.82) is 0 Å². The molecule has 0 spiro atoms. The molecule has 1 nitrogen and oxygen atoms in total. The minimum absolute atomic E-state index is 1.12. The zero-order valence-electron chi connectivity index (χ0n) is 28.4. The second kappa shape index (κ2) is 31.9. The monoisotopic (exact) mass is 570 g/mol. The van der Waals surface area contributed by atoms with E-state index in [0.29, 0.717) is 0 Å². The minimum atomic E-state index is 1.12. The van der Waals surface area contributed by atoms with E-state index in [0.717, 1.165) is 6.54 Å². The lowest BCUT2D eigenvalue weighted by molar-refractivity contribution is 0.530. The molecule has 0 radical (unpaired) electrons. The molecule has 0 saturated heterocycles. The van der Waals surface area contributed by atoms with Crippen LogP contribution in [0.4, 0.5) is 5.69 Å². The molecule has 0 amide bonds. The number of hydrogen-bond donors (Lipinski definition) is 1. The van der Waals surface area contributed by atoms with Crippen molar-refractivity contribution in [2.24, 2.45) is 0 Å². The second-order valence-electron chi connectivity index (χ2n) is 13.3. The molecule has 1 rings (SSSR count). The molecule has 0 aliphatic heterocycles. The molecule has 1 heteroatoms. The molecule has 1 N–H and O–H groups in total. The minimum Gasteiger partial charge on any atom is -0.385 e. The second-order valence-corrected chi connectivity index (χ2v) is 13.3. The van der Waals surface area contributed by atoms with Gasteiger partial charge in [-0.05, 0) is 37.0 Å². The Balaban J connectivity index is 1.81. The number of nitrogens with one attached hydrogen (secondary N) is 1. The standard InChI is InChI=1S/C40H75N/c1-3-5-7-9-11-13-15-17-19-20-22-24-26-28-30-32-38-41-40-36-34-39(35-37-40)33-31-29-27-25-23-21-18-16-14-12-10-8-6-4-2/h34-37,41H,3-33,38H2,1-2H3. The molecular formula is C40H75N. The summed E-state index contributed by atoms with van der Waals surface area (Å²) < 4.78 is 0. The van der Waals surface area contributed by atoms with E-state index in [9.17, 15) is 0 Å². The van der Waals surface area contributed by atoms with Crippen LogP contribution in [0.1, 0.15) is 212 Å². The van der Waals surface area contributed by atoms with Crippen molar-refractivity contribution in [3.63, 3.8) is 0 Å². The molecule has 0 unspecified atom stereocenters. The van der Waals surface area contributed by atoms with Crippen LogP contribution in [-0.4, -0.2) is 6.54 Å². The van der Waals surface area contributed by atoms with E-state index in [-0.39, 0.29) is 0 Å². The molecule has 0 bridgehead atoms.